The highest BCUT2D eigenvalue weighted by Crippen LogP contribution is 2.12. The van der Waals surface area contributed by atoms with E-state index < -0.39 is 9.84 Å². The number of sulfone groups is 1. The summed E-state index contributed by atoms with van der Waals surface area (Å²) in [6, 6.07) is 16.6. The van der Waals surface area contributed by atoms with E-state index in [1.54, 1.807) is 24.3 Å². The lowest BCUT2D eigenvalue weighted by Gasteiger charge is -2.03. The largest absolute Gasteiger partial charge is 0.497 e. The molecule has 2 aromatic rings. The minimum atomic E-state index is -3.29. The Hall–Kier alpha value is -2.07. The molecule has 2 rings (SSSR count). The van der Waals surface area contributed by atoms with Crippen LogP contribution in [-0.4, -0.2) is 14.2 Å². The summed E-state index contributed by atoms with van der Waals surface area (Å²) < 4.78 is 29.5. The van der Waals surface area contributed by atoms with Crippen molar-refractivity contribution in [2.45, 2.75) is 18.4 Å². The first kappa shape index (κ1) is 15.3. The molecule has 0 fully saturated rings. The minimum absolute atomic E-state index is 0.0646. The summed E-state index contributed by atoms with van der Waals surface area (Å²) in [4.78, 5) is 0.334. The molecular formula is C17H18O3S. The van der Waals surface area contributed by atoms with Crippen LogP contribution in [0.4, 0.5) is 0 Å². The van der Waals surface area contributed by atoms with Gasteiger partial charge in [-0.15, -0.1) is 0 Å². The van der Waals surface area contributed by atoms with E-state index >= 15 is 0 Å². The first-order chi connectivity index (χ1) is 10.1. The van der Waals surface area contributed by atoms with Gasteiger partial charge in [0.25, 0.3) is 0 Å². The molecule has 0 aliphatic rings. The molecule has 0 amide bonds. The highest BCUT2D eigenvalue weighted by molar-refractivity contribution is 7.91. The lowest BCUT2D eigenvalue weighted by Crippen LogP contribution is -2.04. The molecule has 0 spiro atoms. The summed E-state index contributed by atoms with van der Waals surface area (Å²) in [5.74, 6) is -0.0646. The van der Waals surface area contributed by atoms with E-state index in [9.17, 15) is 8.42 Å². The van der Waals surface area contributed by atoms with Crippen LogP contribution < -0.4 is 0 Å². The molecule has 0 unspecified atom stereocenters. The van der Waals surface area contributed by atoms with Crippen LogP contribution in [0.3, 0.4) is 0 Å². The van der Waals surface area contributed by atoms with Gasteiger partial charge in [-0.2, -0.15) is 0 Å². The summed E-state index contributed by atoms with van der Waals surface area (Å²) in [5, 5.41) is 0. The van der Waals surface area contributed by atoms with Crippen molar-refractivity contribution in [1.29, 1.82) is 0 Å². The Morgan fingerprint density at radius 3 is 2.33 bits per heavy atom. The van der Waals surface area contributed by atoms with Crippen molar-refractivity contribution < 1.29 is 13.2 Å². The molecule has 0 heterocycles. The normalized spacial score (nSPS) is 11.7. The highest BCUT2D eigenvalue weighted by atomic mass is 32.2. The molecular weight excluding hydrogens is 284 g/mol. The van der Waals surface area contributed by atoms with Crippen molar-refractivity contribution in [3.8, 4) is 0 Å². The van der Waals surface area contributed by atoms with Gasteiger partial charge in [-0.25, -0.2) is 8.42 Å². The van der Waals surface area contributed by atoms with Crippen molar-refractivity contribution in [3.05, 3.63) is 78.1 Å². The van der Waals surface area contributed by atoms with E-state index in [-0.39, 0.29) is 5.75 Å². The number of aryl methyl sites for hydroxylation is 1. The minimum Gasteiger partial charge on any atom is -0.497 e. The van der Waals surface area contributed by atoms with Crippen LogP contribution in [0, 0.1) is 6.92 Å². The van der Waals surface area contributed by atoms with Crippen LogP contribution in [0.5, 0.6) is 0 Å². The van der Waals surface area contributed by atoms with Crippen molar-refractivity contribution in [2.24, 2.45) is 0 Å². The smallest absolute Gasteiger partial charge is 0.182 e. The van der Waals surface area contributed by atoms with Crippen molar-refractivity contribution in [1.82, 2.24) is 0 Å². The Morgan fingerprint density at radius 1 is 1.00 bits per heavy atom. The third-order valence-electron chi connectivity index (χ3n) is 2.98. The fourth-order valence-electron chi connectivity index (χ4n) is 1.79. The second kappa shape index (κ2) is 7.09. The van der Waals surface area contributed by atoms with Gasteiger partial charge in [0.15, 0.2) is 9.84 Å². The van der Waals surface area contributed by atoms with Crippen molar-refractivity contribution in [3.63, 3.8) is 0 Å². The van der Waals surface area contributed by atoms with Gasteiger partial charge in [0.2, 0.25) is 0 Å². The van der Waals surface area contributed by atoms with Gasteiger partial charge >= 0.3 is 0 Å². The van der Waals surface area contributed by atoms with Gasteiger partial charge in [0.05, 0.1) is 16.9 Å². The van der Waals surface area contributed by atoms with Crippen LogP contribution >= 0.6 is 0 Å². The van der Waals surface area contributed by atoms with Crippen LogP contribution in [0.2, 0.25) is 0 Å². The Kier molecular flexibility index (Phi) is 5.17. The molecule has 0 atom stereocenters. The molecule has 0 aliphatic carbocycles. The van der Waals surface area contributed by atoms with E-state index in [0.29, 0.717) is 11.5 Å². The quantitative estimate of drug-likeness (QED) is 0.767. The Labute approximate surface area is 125 Å². The number of hydrogen-bond donors (Lipinski definition) is 0. The van der Waals surface area contributed by atoms with Gasteiger partial charge in [0.1, 0.15) is 6.61 Å². The SMILES string of the molecule is Cc1ccc(S(=O)(=O)C/C=C/OCc2ccccc2)cc1. The Morgan fingerprint density at radius 2 is 1.67 bits per heavy atom. The average Bonchev–Trinajstić information content (AvgIpc) is 2.48. The third-order valence-corrected chi connectivity index (χ3v) is 4.60. The first-order valence-corrected chi connectivity index (χ1v) is 8.33. The topological polar surface area (TPSA) is 43.4 Å². The monoisotopic (exact) mass is 302 g/mol. The zero-order chi connectivity index (χ0) is 15.1. The summed E-state index contributed by atoms with van der Waals surface area (Å²) in [6.45, 7) is 2.36. The molecule has 0 bridgehead atoms. The van der Waals surface area contributed by atoms with E-state index in [2.05, 4.69) is 0 Å². The zero-order valence-electron chi connectivity index (χ0n) is 11.9. The number of hydrogen-bond acceptors (Lipinski definition) is 3. The van der Waals surface area contributed by atoms with Crippen LogP contribution in [-0.2, 0) is 21.2 Å². The molecule has 0 aromatic heterocycles. The first-order valence-electron chi connectivity index (χ1n) is 6.68. The van der Waals surface area contributed by atoms with Crippen LogP contribution in [0.1, 0.15) is 11.1 Å². The standard InChI is InChI=1S/C17H18O3S/c1-15-8-10-17(11-9-15)21(18,19)13-5-12-20-14-16-6-3-2-4-7-16/h2-12H,13-14H2,1H3/b12-5+. The van der Waals surface area contributed by atoms with Gasteiger partial charge in [-0.1, -0.05) is 48.0 Å². The lowest BCUT2D eigenvalue weighted by atomic mass is 10.2. The maximum Gasteiger partial charge on any atom is 0.182 e. The zero-order valence-corrected chi connectivity index (χ0v) is 12.7. The van der Waals surface area contributed by atoms with E-state index in [1.165, 1.54) is 12.3 Å². The third kappa shape index (κ3) is 4.76. The molecule has 0 aliphatic heterocycles. The Bertz CT molecular complexity index is 687. The van der Waals surface area contributed by atoms with Gasteiger partial charge in [-0.3, -0.25) is 0 Å². The molecule has 0 radical (unpaired) electrons. The summed E-state index contributed by atoms with van der Waals surface area (Å²) >= 11 is 0. The van der Waals surface area contributed by atoms with E-state index in [0.717, 1.165) is 11.1 Å². The van der Waals surface area contributed by atoms with Gasteiger partial charge in [0, 0.05) is 0 Å². The molecule has 0 saturated carbocycles. The summed E-state index contributed by atoms with van der Waals surface area (Å²) in [7, 11) is -3.29. The molecule has 110 valence electrons. The molecule has 2 aromatic carbocycles. The summed E-state index contributed by atoms with van der Waals surface area (Å²) in [5.41, 5.74) is 2.08. The molecule has 0 saturated heterocycles. The highest BCUT2D eigenvalue weighted by Gasteiger charge is 2.11. The van der Waals surface area contributed by atoms with Gasteiger partial charge in [-0.05, 0) is 30.7 Å². The molecule has 3 nitrogen and oxygen atoms in total. The fourth-order valence-corrected chi connectivity index (χ4v) is 2.87. The van der Waals surface area contributed by atoms with Crippen LogP contribution in [0.15, 0.2) is 71.8 Å². The molecule has 0 N–H and O–H groups in total. The molecule has 4 heteroatoms. The lowest BCUT2D eigenvalue weighted by molar-refractivity contribution is 0.236. The fraction of sp³-hybridized carbons (Fsp3) is 0.176. The Balaban J connectivity index is 1.87. The summed E-state index contributed by atoms with van der Waals surface area (Å²) in [6.07, 6.45) is 2.97. The second-order valence-electron chi connectivity index (χ2n) is 4.76. The second-order valence-corrected chi connectivity index (χ2v) is 6.80. The predicted molar refractivity (Wildman–Crippen MR) is 83.6 cm³/mol. The van der Waals surface area contributed by atoms with Crippen molar-refractivity contribution in [2.75, 3.05) is 5.75 Å². The molecule has 21 heavy (non-hydrogen) atoms. The van der Waals surface area contributed by atoms with E-state index in [4.69, 9.17) is 4.74 Å². The van der Waals surface area contributed by atoms with Crippen molar-refractivity contribution >= 4 is 9.84 Å². The maximum atomic E-state index is 12.1. The number of benzene rings is 2. The predicted octanol–water partition coefficient (Wildman–Crippen LogP) is 3.50. The van der Waals surface area contributed by atoms with Crippen LogP contribution in [0.25, 0.3) is 0 Å². The average molecular weight is 302 g/mol. The van der Waals surface area contributed by atoms with E-state index in [1.807, 2.05) is 37.3 Å². The van der Waals surface area contributed by atoms with Gasteiger partial charge < -0.3 is 4.74 Å². The number of rotatable bonds is 6. The number of ether oxygens (including phenoxy) is 1. The maximum absolute atomic E-state index is 12.1.